The molecule has 0 aliphatic carbocycles. The summed E-state index contributed by atoms with van der Waals surface area (Å²) in [5.41, 5.74) is 0. The molecule has 0 spiro atoms. The van der Waals surface area contributed by atoms with Crippen LogP contribution in [0.4, 0.5) is 0 Å². The smallest absolute Gasteiger partial charge is 0.225 e. The second-order valence-corrected chi connectivity index (χ2v) is 9.09. The summed E-state index contributed by atoms with van der Waals surface area (Å²) in [6.45, 7) is 15.8. The monoisotopic (exact) mass is 366 g/mol. The van der Waals surface area contributed by atoms with E-state index in [1.165, 1.54) is 11.5 Å². The molecule has 1 heterocycles. The first kappa shape index (κ1) is 22.3. The Morgan fingerprint density at radius 1 is 1.36 bits per heavy atom. The lowest BCUT2D eigenvalue weighted by Crippen LogP contribution is -2.33. The van der Waals surface area contributed by atoms with Crippen molar-refractivity contribution in [3.8, 4) is 0 Å². The minimum absolute atomic E-state index is 0.142. The first-order chi connectivity index (χ1) is 11.8. The summed E-state index contributed by atoms with van der Waals surface area (Å²) in [4.78, 5) is 18.8. The molecule has 0 bridgehead atoms. The van der Waals surface area contributed by atoms with Gasteiger partial charge < -0.3 is 4.90 Å². The van der Waals surface area contributed by atoms with Crippen molar-refractivity contribution in [1.82, 2.24) is 4.90 Å². The van der Waals surface area contributed by atoms with Crippen LogP contribution in [0.3, 0.4) is 0 Å². The third-order valence-corrected chi connectivity index (χ3v) is 6.73. The minimum atomic E-state index is 0.142. The number of carbonyl (C=O) groups excluding carboxylic acids is 1. The van der Waals surface area contributed by atoms with Crippen LogP contribution >= 0.6 is 11.8 Å². The van der Waals surface area contributed by atoms with Crippen LogP contribution in [0.1, 0.15) is 60.3 Å². The Bertz CT molecular complexity index is 463. The highest BCUT2D eigenvalue weighted by atomic mass is 32.2. The average Bonchev–Trinajstić information content (AvgIpc) is 3.05. The van der Waals surface area contributed by atoms with Gasteiger partial charge in [0.15, 0.2) is 0 Å². The largest absolute Gasteiger partial charge is 0.346 e. The summed E-state index contributed by atoms with van der Waals surface area (Å²) in [5, 5.41) is 1.30. The highest BCUT2D eigenvalue weighted by Crippen LogP contribution is 2.29. The Kier molecular flexibility index (Phi) is 9.84. The molecule has 5 atom stereocenters. The molecule has 4 heteroatoms. The quantitative estimate of drug-likeness (QED) is 0.467. The van der Waals surface area contributed by atoms with Gasteiger partial charge in [0.05, 0.1) is 11.1 Å². The van der Waals surface area contributed by atoms with Gasteiger partial charge in [-0.3, -0.25) is 9.79 Å². The number of carbonyl (C=O) groups is 1. The maximum Gasteiger partial charge on any atom is 0.225 e. The maximum absolute atomic E-state index is 12.2. The molecule has 1 rings (SSSR count). The number of aliphatic imine (C=N–C) groups is 1. The van der Waals surface area contributed by atoms with Gasteiger partial charge in [0.1, 0.15) is 0 Å². The van der Waals surface area contributed by atoms with Gasteiger partial charge in [-0.15, -0.1) is 18.3 Å². The van der Waals surface area contributed by atoms with E-state index in [2.05, 4.69) is 34.3 Å². The fourth-order valence-electron chi connectivity index (χ4n) is 3.21. The van der Waals surface area contributed by atoms with E-state index in [0.717, 1.165) is 31.6 Å². The molecule has 3 nitrogen and oxygen atoms in total. The van der Waals surface area contributed by atoms with Crippen molar-refractivity contribution in [3.05, 3.63) is 12.7 Å². The number of amides is 1. The molecular weight excluding hydrogens is 328 g/mol. The van der Waals surface area contributed by atoms with E-state index in [9.17, 15) is 4.79 Å². The third kappa shape index (κ3) is 7.55. The van der Waals surface area contributed by atoms with Crippen molar-refractivity contribution in [2.24, 2.45) is 28.7 Å². The van der Waals surface area contributed by atoms with E-state index < -0.39 is 0 Å². The molecule has 144 valence electrons. The van der Waals surface area contributed by atoms with Crippen LogP contribution < -0.4 is 0 Å². The predicted octanol–water partition coefficient (Wildman–Crippen LogP) is 5.27. The first-order valence-electron chi connectivity index (χ1n) is 9.85. The number of rotatable bonds is 11. The fraction of sp³-hybridized carbons (Fsp3) is 0.810. The van der Waals surface area contributed by atoms with Gasteiger partial charge in [0, 0.05) is 25.3 Å². The molecule has 0 aromatic rings. The standard InChI is InChI=1S/C21H38N2OS/c1-8-16(4)21(24)23(7)11-10-15(3)12-17(5)18(6)13-20-22-19(9-2)14-25-20/h9,15-19H,2,8,10-14H2,1,3-7H3/t15-,16-,17+,18-,19-/m0/s1. The lowest BCUT2D eigenvalue weighted by molar-refractivity contribution is -0.133. The topological polar surface area (TPSA) is 32.7 Å². The number of hydrogen-bond acceptors (Lipinski definition) is 3. The van der Waals surface area contributed by atoms with E-state index >= 15 is 0 Å². The van der Waals surface area contributed by atoms with E-state index in [0.29, 0.717) is 23.8 Å². The second kappa shape index (κ2) is 11.1. The van der Waals surface area contributed by atoms with Crippen LogP contribution in [-0.4, -0.2) is 41.2 Å². The molecule has 0 saturated heterocycles. The molecule has 25 heavy (non-hydrogen) atoms. The molecule has 0 aromatic carbocycles. The lowest BCUT2D eigenvalue weighted by atomic mass is 9.84. The summed E-state index contributed by atoms with van der Waals surface area (Å²) < 4.78 is 0. The molecule has 0 fully saturated rings. The van der Waals surface area contributed by atoms with E-state index in [1.807, 2.05) is 36.7 Å². The van der Waals surface area contributed by atoms with Crippen LogP contribution in [-0.2, 0) is 4.79 Å². The molecule has 0 aromatic heterocycles. The van der Waals surface area contributed by atoms with Gasteiger partial charge in [-0.25, -0.2) is 0 Å². The fourth-order valence-corrected chi connectivity index (χ4v) is 4.37. The van der Waals surface area contributed by atoms with Crippen LogP contribution in [0.25, 0.3) is 0 Å². The maximum atomic E-state index is 12.2. The number of nitrogens with zero attached hydrogens (tertiary/aromatic N) is 2. The van der Waals surface area contributed by atoms with Crippen molar-refractivity contribution >= 4 is 22.7 Å². The number of hydrogen-bond donors (Lipinski definition) is 0. The zero-order valence-electron chi connectivity index (χ0n) is 17.1. The lowest BCUT2D eigenvalue weighted by Gasteiger charge is -2.26. The van der Waals surface area contributed by atoms with Crippen molar-refractivity contribution in [3.63, 3.8) is 0 Å². The van der Waals surface area contributed by atoms with Crippen molar-refractivity contribution in [2.45, 2.75) is 66.3 Å². The predicted molar refractivity (Wildman–Crippen MR) is 112 cm³/mol. The van der Waals surface area contributed by atoms with Crippen molar-refractivity contribution in [2.75, 3.05) is 19.3 Å². The van der Waals surface area contributed by atoms with Crippen LogP contribution in [0.5, 0.6) is 0 Å². The molecule has 0 saturated carbocycles. The van der Waals surface area contributed by atoms with Gasteiger partial charge in [0.25, 0.3) is 0 Å². The summed E-state index contributed by atoms with van der Waals surface area (Å²) >= 11 is 1.90. The Morgan fingerprint density at radius 3 is 2.60 bits per heavy atom. The second-order valence-electron chi connectivity index (χ2n) is 7.99. The minimum Gasteiger partial charge on any atom is -0.346 e. The van der Waals surface area contributed by atoms with E-state index in [1.54, 1.807) is 0 Å². The Labute approximate surface area is 159 Å². The molecule has 1 aliphatic heterocycles. The van der Waals surface area contributed by atoms with E-state index in [4.69, 9.17) is 4.99 Å². The van der Waals surface area contributed by atoms with Gasteiger partial charge in [-0.05, 0) is 43.4 Å². The normalized spacial score (nSPS) is 22.0. The molecule has 1 amide bonds. The zero-order valence-corrected chi connectivity index (χ0v) is 17.9. The molecule has 1 aliphatic rings. The average molecular weight is 367 g/mol. The highest BCUT2D eigenvalue weighted by Gasteiger charge is 2.22. The highest BCUT2D eigenvalue weighted by molar-refractivity contribution is 8.14. The summed E-state index contributed by atoms with van der Waals surface area (Å²) in [6.07, 6.45) is 6.27. The van der Waals surface area contributed by atoms with Gasteiger partial charge in [-0.1, -0.05) is 40.7 Å². The van der Waals surface area contributed by atoms with Crippen LogP contribution in [0.2, 0.25) is 0 Å². The molecule has 0 radical (unpaired) electrons. The van der Waals surface area contributed by atoms with Crippen molar-refractivity contribution in [1.29, 1.82) is 0 Å². The van der Waals surface area contributed by atoms with Gasteiger partial charge in [-0.2, -0.15) is 0 Å². The Morgan fingerprint density at radius 2 is 2.04 bits per heavy atom. The molecule has 0 unspecified atom stereocenters. The Hall–Kier alpha value is -0.770. The summed E-state index contributed by atoms with van der Waals surface area (Å²) in [7, 11) is 1.94. The SMILES string of the molecule is C=C[C@H]1CSC(C[C@H](C)[C@H](C)C[C@@H](C)CCN(C)C(=O)[C@@H](C)CC)=N1. The van der Waals surface area contributed by atoms with Gasteiger partial charge >= 0.3 is 0 Å². The Balaban J connectivity index is 2.34. The number of thioether (sulfide) groups is 1. The summed E-state index contributed by atoms with van der Waals surface area (Å²) in [6, 6.07) is 0.319. The van der Waals surface area contributed by atoms with Crippen molar-refractivity contribution < 1.29 is 4.79 Å². The summed E-state index contributed by atoms with van der Waals surface area (Å²) in [5.74, 6) is 3.46. The molecular formula is C21H38N2OS. The van der Waals surface area contributed by atoms with Crippen LogP contribution in [0, 0.1) is 23.7 Å². The third-order valence-electron chi connectivity index (χ3n) is 5.61. The van der Waals surface area contributed by atoms with E-state index in [-0.39, 0.29) is 11.8 Å². The van der Waals surface area contributed by atoms with Gasteiger partial charge in [0.2, 0.25) is 5.91 Å². The first-order valence-corrected chi connectivity index (χ1v) is 10.8. The molecule has 0 N–H and O–H groups in total. The van der Waals surface area contributed by atoms with Crippen LogP contribution in [0.15, 0.2) is 17.6 Å². The zero-order chi connectivity index (χ0) is 19.0.